The lowest BCUT2D eigenvalue weighted by Crippen LogP contribution is -2.26. The van der Waals surface area contributed by atoms with Crippen LogP contribution >= 0.6 is 0 Å². The van der Waals surface area contributed by atoms with Gasteiger partial charge in [-0.25, -0.2) is 9.13 Å². The zero-order valence-corrected chi connectivity index (χ0v) is 11.6. The highest BCUT2D eigenvalue weighted by Gasteiger charge is 2.13. The number of phenols is 1. The molecular formula is C14H19N4O2+. The number of aryl methyl sites for hydroxylation is 2. The molecule has 6 nitrogen and oxygen atoms in total. The first-order valence-corrected chi connectivity index (χ1v) is 6.30. The first-order chi connectivity index (χ1) is 9.45. The number of nitrogens with zero attached hydrogens (tertiary/aromatic N) is 2. The number of hydrogen-bond acceptors (Lipinski definition) is 3. The summed E-state index contributed by atoms with van der Waals surface area (Å²) in [5, 5.41) is 12.4. The number of carbonyl (C=O) groups is 1. The number of rotatable bonds is 4. The Kier molecular flexibility index (Phi) is 3.93. The fourth-order valence-electron chi connectivity index (χ4n) is 2.05. The topological polar surface area (TPSA) is 84.2 Å². The number of benzene rings is 1. The van der Waals surface area contributed by atoms with E-state index < -0.39 is 0 Å². The van der Waals surface area contributed by atoms with Crippen LogP contribution < -0.4 is 15.6 Å². The predicted octanol–water partition coefficient (Wildman–Crippen LogP) is -0.00370. The zero-order valence-electron chi connectivity index (χ0n) is 11.6. The van der Waals surface area contributed by atoms with Gasteiger partial charge in [0.1, 0.15) is 11.9 Å². The second kappa shape index (κ2) is 5.64. The molecule has 0 unspecified atom stereocenters. The average molecular weight is 275 g/mol. The van der Waals surface area contributed by atoms with E-state index in [1.54, 1.807) is 12.1 Å². The van der Waals surface area contributed by atoms with E-state index in [2.05, 4.69) is 5.32 Å². The zero-order chi connectivity index (χ0) is 14.7. The van der Waals surface area contributed by atoms with Gasteiger partial charge in [0.15, 0.2) is 5.69 Å². The lowest BCUT2D eigenvalue weighted by Gasteiger charge is -2.07. The van der Waals surface area contributed by atoms with E-state index in [9.17, 15) is 9.90 Å². The van der Waals surface area contributed by atoms with Crippen LogP contribution in [0.2, 0.25) is 0 Å². The minimum Gasteiger partial charge on any atom is -0.508 e. The Morgan fingerprint density at radius 2 is 2.25 bits per heavy atom. The van der Waals surface area contributed by atoms with Crippen LogP contribution in [0.3, 0.4) is 0 Å². The molecule has 1 amide bonds. The van der Waals surface area contributed by atoms with Gasteiger partial charge in [-0.1, -0.05) is 0 Å². The summed E-state index contributed by atoms with van der Waals surface area (Å²) < 4.78 is 3.80. The minimum atomic E-state index is -0.103. The summed E-state index contributed by atoms with van der Waals surface area (Å²) in [6, 6.07) is 4.79. The number of phenolic OH excluding ortho intramolecular Hbond substituents is 1. The number of nitrogens with one attached hydrogen (secondary N) is 1. The van der Waals surface area contributed by atoms with Crippen LogP contribution in [0.25, 0.3) is 0 Å². The number of carbonyl (C=O) groups excluding carboxylic acids is 1. The number of nitrogen functional groups attached to an aromatic ring is 1. The van der Waals surface area contributed by atoms with Gasteiger partial charge in [-0.3, -0.25) is 4.79 Å². The molecule has 0 aliphatic rings. The number of imidazole rings is 1. The second-order valence-electron chi connectivity index (χ2n) is 4.85. The summed E-state index contributed by atoms with van der Waals surface area (Å²) in [7, 11) is 3.80. The third-order valence-electron chi connectivity index (χ3n) is 3.08. The van der Waals surface area contributed by atoms with Crippen LogP contribution in [0.15, 0.2) is 30.7 Å². The third kappa shape index (κ3) is 3.28. The van der Waals surface area contributed by atoms with Gasteiger partial charge in [-0.15, -0.1) is 0 Å². The number of anilines is 1. The lowest BCUT2D eigenvalue weighted by atomic mass is 10.1. The molecule has 0 aliphatic carbocycles. The summed E-state index contributed by atoms with van der Waals surface area (Å²) in [6.45, 7) is 0.256. The van der Waals surface area contributed by atoms with E-state index in [4.69, 9.17) is 5.73 Å². The third-order valence-corrected chi connectivity index (χ3v) is 3.08. The first-order valence-electron chi connectivity index (χ1n) is 6.30. The Balaban J connectivity index is 1.95. The van der Waals surface area contributed by atoms with Crippen LogP contribution in [0, 0.1) is 0 Å². The van der Waals surface area contributed by atoms with Crippen molar-refractivity contribution in [1.82, 2.24) is 9.88 Å². The molecule has 20 heavy (non-hydrogen) atoms. The van der Waals surface area contributed by atoms with Crippen molar-refractivity contribution >= 4 is 11.6 Å². The largest absolute Gasteiger partial charge is 0.508 e. The van der Waals surface area contributed by atoms with E-state index in [0.717, 1.165) is 5.69 Å². The Hall–Kier alpha value is -2.50. The molecule has 0 saturated heterocycles. The standard InChI is InChI=1S/C14H18N4O2/c1-17-8-12(18(2)9-17)6-14(20)16-7-10-5-11(15)3-4-13(10)19/h3-5,8-9H,6-7,15H2,1-2H3,(H-,16,19,20)/p+1. The molecule has 0 aliphatic heterocycles. The van der Waals surface area contributed by atoms with Gasteiger partial charge in [0.05, 0.1) is 20.5 Å². The fraction of sp³-hybridized carbons (Fsp3) is 0.286. The molecule has 1 heterocycles. The smallest absolute Gasteiger partial charge is 0.243 e. The Labute approximate surface area is 117 Å². The molecule has 6 heteroatoms. The van der Waals surface area contributed by atoms with Crippen molar-refractivity contribution in [2.45, 2.75) is 13.0 Å². The highest BCUT2D eigenvalue weighted by atomic mass is 16.3. The minimum absolute atomic E-state index is 0.103. The van der Waals surface area contributed by atoms with Crippen LogP contribution in [0.1, 0.15) is 11.3 Å². The van der Waals surface area contributed by atoms with Gasteiger partial charge in [-0.05, 0) is 18.2 Å². The van der Waals surface area contributed by atoms with E-state index in [1.165, 1.54) is 6.07 Å². The summed E-state index contributed by atoms with van der Waals surface area (Å²) >= 11 is 0. The second-order valence-corrected chi connectivity index (χ2v) is 4.85. The molecule has 106 valence electrons. The summed E-state index contributed by atoms with van der Waals surface area (Å²) in [4.78, 5) is 11.9. The van der Waals surface area contributed by atoms with Crippen molar-refractivity contribution in [3.05, 3.63) is 42.0 Å². The SMILES string of the molecule is Cn1c[n+](C)cc1CC(=O)NCc1cc(N)ccc1O. The van der Waals surface area contributed by atoms with Crippen molar-refractivity contribution in [3.8, 4) is 5.75 Å². The Morgan fingerprint density at radius 3 is 2.90 bits per heavy atom. The number of nitrogens with two attached hydrogens (primary N) is 1. The highest BCUT2D eigenvalue weighted by Crippen LogP contribution is 2.19. The highest BCUT2D eigenvalue weighted by molar-refractivity contribution is 5.78. The van der Waals surface area contributed by atoms with Crippen LogP contribution in [-0.2, 0) is 31.9 Å². The maximum atomic E-state index is 11.9. The fourth-order valence-corrected chi connectivity index (χ4v) is 2.05. The van der Waals surface area contributed by atoms with Crippen LogP contribution in [-0.4, -0.2) is 15.6 Å². The monoisotopic (exact) mass is 275 g/mol. The molecule has 2 rings (SSSR count). The molecule has 0 spiro atoms. The Bertz CT molecular complexity index is 634. The maximum absolute atomic E-state index is 11.9. The van der Waals surface area contributed by atoms with Gasteiger partial charge in [0.2, 0.25) is 12.2 Å². The molecule has 0 radical (unpaired) electrons. The molecule has 2 aromatic rings. The van der Waals surface area contributed by atoms with Gasteiger partial charge >= 0.3 is 0 Å². The van der Waals surface area contributed by atoms with E-state index in [-0.39, 0.29) is 18.2 Å². The predicted molar refractivity (Wildman–Crippen MR) is 74.7 cm³/mol. The quantitative estimate of drug-likeness (QED) is 0.417. The molecular weight excluding hydrogens is 256 g/mol. The summed E-state index contributed by atoms with van der Waals surface area (Å²) in [5.74, 6) is 0.0263. The summed E-state index contributed by atoms with van der Waals surface area (Å²) in [6.07, 6.45) is 4.09. The molecule has 0 saturated carbocycles. The normalized spacial score (nSPS) is 10.5. The maximum Gasteiger partial charge on any atom is 0.243 e. The number of amides is 1. The van der Waals surface area contributed by atoms with Gasteiger partial charge in [-0.2, -0.15) is 0 Å². The van der Waals surface area contributed by atoms with Crippen molar-refractivity contribution in [1.29, 1.82) is 0 Å². The average Bonchev–Trinajstić information content (AvgIpc) is 2.69. The van der Waals surface area contributed by atoms with Crippen LogP contribution in [0.5, 0.6) is 5.75 Å². The van der Waals surface area contributed by atoms with Crippen molar-refractivity contribution in [2.24, 2.45) is 14.1 Å². The summed E-state index contributed by atoms with van der Waals surface area (Å²) in [5.41, 5.74) is 7.73. The van der Waals surface area contributed by atoms with Crippen LogP contribution in [0.4, 0.5) is 5.69 Å². The van der Waals surface area contributed by atoms with Crippen molar-refractivity contribution in [3.63, 3.8) is 0 Å². The molecule has 0 bridgehead atoms. The lowest BCUT2D eigenvalue weighted by molar-refractivity contribution is -0.671. The molecule has 0 atom stereocenters. The van der Waals surface area contributed by atoms with Crippen molar-refractivity contribution in [2.75, 3.05) is 5.73 Å². The number of aromatic hydroxyl groups is 1. The first kappa shape index (κ1) is 13.9. The van der Waals surface area contributed by atoms with Gasteiger partial charge in [0, 0.05) is 17.8 Å². The van der Waals surface area contributed by atoms with E-state index in [1.807, 2.05) is 35.8 Å². The molecule has 1 aromatic heterocycles. The van der Waals surface area contributed by atoms with Crippen molar-refractivity contribution < 1.29 is 14.5 Å². The van der Waals surface area contributed by atoms with Gasteiger partial charge < -0.3 is 16.2 Å². The Morgan fingerprint density at radius 1 is 1.50 bits per heavy atom. The van der Waals surface area contributed by atoms with E-state index in [0.29, 0.717) is 17.7 Å². The van der Waals surface area contributed by atoms with Gasteiger partial charge in [0.25, 0.3) is 0 Å². The molecule has 1 aromatic carbocycles. The number of aromatic nitrogens is 2. The molecule has 4 N–H and O–H groups in total. The van der Waals surface area contributed by atoms with E-state index >= 15 is 0 Å². The number of hydrogen-bond donors (Lipinski definition) is 3. The molecule has 0 fully saturated rings.